The number of ether oxygens (including phenoxy) is 2. The van der Waals surface area contributed by atoms with Crippen LogP contribution in [0.15, 0.2) is 33.1 Å². The van der Waals surface area contributed by atoms with Crippen LogP contribution in [0.2, 0.25) is 0 Å². The molecule has 0 aromatic carbocycles. The zero-order valence-electron chi connectivity index (χ0n) is 13.8. The molecule has 0 bridgehead atoms. The topological polar surface area (TPSA) is 116 Å². The van der Waals surface area contributed by atoms with E-state index >= 15 is 0 Å². The zero-order valence-corrected chi connectivity index (χ0v) is 13.8. The van der Waals surface area contributed by atoms with Crippen molar-refractivity contribution in [2.45, 2.75) is 39.6 Å². The molecule has 0 saturated carbocycles. The molecule has 0 radical (unpaired) electrons. The summed E-state index contributed by atoms with van der Waals surface area (Å²) < 4.78 is 20.2. The summed E-state index contributed by atoms with van der Waals surface area (Å²) in [5.41, 5.74) is 0. The molecule has 2 rings (SSSR count). The van der Waals surface area contributed by atoms with Crippen molar-refractivity contribution in [3.05, 3.63) is 47.3 Å². The third-order valence-corrected chi connectivity index (χ3v) is 3.19. The minimum Gasteiger partial charge on any atom is -0.459 e. The quantitative estimate of drug-likeness (QED) is 0.569. The molecule has 2 aromatic heterocycles. The Bertz CT molecular complexity index is 754. The molecule has 2 heterocycles. The average Bonchev–Trinajstić information content (AvgIpc) is 3.25. The van der Waals surface area contributed by atoms with Crippen LogP contribution < -0.4 is 0 Å². The number of carbonyl (C=O) groups excluding carboxylic acids is 3. The fourth-order valence-corrected chi connectivity index (χ4v) is 1.90. The summed E-state index contributed by atoms with van der Waals surface area (Å²) in [6.45, 7) is 2.73. The van der Waals surface area contributed by atoms with Crippen molar-refractivity contribution in [1.82, 2.24) is 0 Å². The minimum absolute atomic E-state index is 0.00508. The molecule has 8 heteroatoms. The Hall–Kier alpha value is -2.87. The van der Waals surface area contributed by atoms with Crippen LogP contribution in [-0.4, -0.2) is 22.8 Å². The van der Waals surface area contributed by atoms with Crippen molar-refractivity contribution in [3.63, 3.8) is 0 Å². The van der Waals surface area contributed by atoms with Gasteiger partial charge in [-0.15, -0.1) is 0 Å². The summed E-state index contributed by atoms with van der Waals surface area (Å²) in [5.74, 6) is -1.08. The van der Waals surface area contributed by atoms with Gasteiger partial charge in [0.15, 0.2) is 11.9 Å². The predicted octanol–water partition coefficient (Wildman–Crippen LogP) is 2.31. The minimum atomic E-state index is -1.57. The van der Waals surface area contributed by atoms with Crippen LogP contribution in [0.25, 0.3) is 0 Å². The highest BCUT2D eigenvalue weighted by atomic mass is 16.5. The molecule has 0 fully saturated rings. The lowest BCUT2D eigenvalue weighted by atomic mass is 10.1. The first-order chi connectivity index (χ1) is 11.9. The van der Waals surface area contributed by atoms with Gasteiger partial charge in [-0.1, -0.05) is 6.92 Å². The lowest BCUT2D eigenvalue weighted by Gasteiger charge is -2.05. The highest BCUT2D eigenvalue weighted by Gasteiger charge is 2.25. The Labute approximate surface area is 143 Å². The van der Waals surface area contributed by atoms with Crippen LogP contribution in [0.3, 0.4) is 0 Å². The van der Waals surface area contributed by atoms with E-state index in [1.54, 1.807) is 6.92 Å². The zero-order chi connectivity index (χ0) is 18.4. The van der Waals surface area contributed by atoms with E-state index in [1.165, 1.54) is 31.2 Å². The van der Waals surface area contributed by atoms with E-state index in [1.807, 2.05) is 0 Å². The van der Waals surface area contributed by atoms with E-state index in [9.17, 15) is 19.5 Å². The molecule has 0 spiro atoms. The molecule has 2 aromatic rings. The Morgan fingerprint density at radius 3 is 2.36 bits per heavy atom. The standard InChI is InChI=1S/C17H18O8/c1-3-15(19)23-9-12-5-7-14(25-12)17(21)16(20)13-6-4-11(24-13)8-22-10(2)18/h4-7,17,21H,3,8-9H2,1-2H3. The Morgan fingerprint density at radius 2 is 1.68 bits per heavy atom. The van der Waals surface area contributed by atoms with Gasteiger partial charge in [0.2, 0.25) is 5.78 Å². The number of rotatable bonds is 8. The summed E-state index contributed by atoms with van der Waals surface area (Å²) >= 11 is 0. The summed E-state index contributed by atoms with van der Waals surface area (Å²) in [5, 5.41) is 10.1. The molecule has 25 heavy (non-hydrogen) atoms. The molecule has 0 aliphatic rings. The van der Waals surface area contributed by atoms with Gasteiger partial charge in [0.25, 0.3) is 0 Å². The second-order valence-electron chi connectivity index (χ2n) is 5.13. The molecular formula is C17H18O8. The van der Waals surface area contributed by atoms with Crippen LogP contribution in [0.4, 0.5) is 0 Å². The highest BCUT2D eigenvalue weighted by molar-refractivity contribution is 5.97. The van der Waals surface area contributed by atoms with Gasteiger partial charge >= 0.3 is 11.9 Å². The van der Waals surface area contributed by atoms with Crippen LogP contribution in [0.1, 0.15) is 54.2 Å². The summed E-state index contributed by atoms with van der Waals surface area (Å²) in [6, 6.07) is 5.77. The van der Waals surface area contributed by atoms with Gasteiger partial charge in [0.1, 0.15) is 30.5 Å². The second kappa shape index (κ2) is 8.29. The van der Waals surface area contributed by atoms with E-state index in [-0.39, 0.29) is 42.9 Å². The van der Waals surface area contributed by atoms with Gasteiger partial charge < -0.3 is 23.4 Å². The number of esters is 2. The number of hydrogen-bond acceptors (Lipinski definition) is 8. The molecule has 0 aliphatic carbocycles. The predicted molar refractivity (Wildman–Crippen MR) is 82.3 cm³/mol. The van der Waals surface area contributed by atoms with Crippen LogP contribution in [0, 0.1) is 0 Å². The Balaban J connectivity index is 1.99. The van der Waals surface area contributed by atoms with Gasteiger partial charge in [-0.2, -0.15) is 0 Å². The largest absolute Gasteiger partial charge is 0.459 e. The first kappa shape index (κ1) is 18.5. The smallest absolute Gasteiger partial charge is 0.305 e. The second-order valence-corrected chi connectivity index (χ2v) is 5.13. The molecule has 0 amide bonds. The molecule has 1 atom stereocenters. The van der Waals surface area contributed by atoms with Crippen molar-refractivity contribution in [2.75, 3.05) is 0 Å². The van der Waals surface area contributed by atoms with Crippen molar-refractivity contribution in [1.29, 1.82) is 0 Å². The maximum atomic E-state index is 12.2. The number of hydrogen-bond donors (Lipinski definition) is 1. The molecule has 134 valence electrons. The summed E-state index contributed by atoms with van der Waals surface area (Å²) in [4.78, 5) is 34.1. The lowest BCUT2D eigenvalue weighted by Crippen LogP contribution is -2.10. The normalized spacial score (nSPS) is 11.8. The van der Waals surface area contributed by atoms with Gasteiger partial charge in [-0.3, -0.25) is 14.4 Å². The third kappa shape index (κ3) is 5.05. The fourth-order valence-electron chi connectivity index (χ4n) is 1.90. The van der Waals surface area contributed by atoms with Crippen LogP contribution >= 0.6 is 0 Å². The Morgan fingerprint density at radius 1 is 1.04 bits per heavy atom. The van der Waals surface area contributed by atoms with Gasteiger partial charge in [-0.05, 0) is 24.3 Å². The van der Waals surface area contributed by atoms with E-state index in [0.29, 0.717) is 5.76 Å². The maximum Gasteiger partial charge on any atom is 0.305 e. The van der Waals surface area contributed by atoms with Crippen molar-refractivity contribution >= 4 is 17.7 Å². The molecule has 8 nitrogen and oxygen atoms in total. The first-order valence-electron chi connectivity index (χ1n) is 7.59. The van der Waals surface area contributed by atoms with Gasteiger partial charge in [-0.25, -0.2) is 0 Å². The molecule has 1 N–H and O–H groups in total. The van der Waals surface area contributed by atoms with Gasteiger partial charge in [0, 0.05) is 13.3 Å². The Kier molecular flexibility index (Phi) is 6.13. The van der Waals surface area contributed by atoms with Crippen LogP contribution in [-0.2, 0) is 32.3 Å². The average molecular weight is 350 g/mol. The number of Topliss-reactive ketones (excluding diaryl/α,β-unsaturated/α-hetero) is 1. The van der Waals surface area contributed by atoms with E-state index < -0.39 is 17.9 Å². The van der Waals surface area contributed by atoms with Crippen LogP contribution in [0.5, 0.6) is 0 Å². The number of aliphatic hydroxyl groups excluding tert-OH is 1. The first-order valence-corrected chi connectivity index (χ1v) is 7.59. The van der Waals surface area contributed by atoms with Crippen molar-refractivity contribution in [3.8, 4) is 0 Å². The number of furan rings is 2. The monoisotopic (exact) mass is 350 g/mol. The summed E-state index contributed by atoms with van der Waals surface area (Å²) in [6.07, 6.45) is -1.33. The van der Waals surface area contributed by atoms with Gasteiger partial charge in [0.05, 0.1) is 0 Å². The molecule has 0 saturated heterocycles. The molecule has 1 unspecified atom stereocenters. The van der Waals surface area contributed by atoms with Crippen molar-refractivity contribution < 1.29 is 37.8 Å². The number of ketones is 1. The van der Waals surface area contributed by atoms with Crippen molar-refractivity contribution in [2.24, 2.45) is 0 Å². The molecule has 0 aliphatic heterocycles. The maximum absolute atomic E-state index is 12.2. The SMILES string of the molecule is CCC(=O)OCc1ccc(C(O)C(=O)c2ccc(COC(C)=O)o2)o1. The third-order valence-electron chi connectivity index (χ3n) is 3.19. The van der Waals surface area contributed by atoms with E-state index in [2.05, 4.69) is 0 Å². The van der Waals surface area contributed by atoms with E-state index in [4.69, 9.17) is 18.3 Å². The fraction of sp³-hybridized carbons (Fsp3) is 0.353. The number of carbonyl (C=O) groups is 3. The lowest BCUT2D eigenvalue weighted by molar-refractivity contribution is -0.145. The molecular weight excluding hydrogens is 332 g/mol. The summed E-state index contributed by atoms with van der Waals surface area (Å²) in [7, 11) is 0. The van der Waals surface area contributed by atoms with E-state index in [0.717, 1.165) is 0 Å². The number of aliphatic hydroxyl groups is 1. The highest BCUT2D eigenvalue weighted by Crippen LogP contribution is 2.23.